The smallest absolute Gasteiger partial charge is 0.271 e. The van der Waals surface area contributed by atoms with Crippen molar-refractivity contribution in [1.82, 2.24) is 9.99 Å². The minimum absolute atomic E-state index is 0.221. The third-order valence-electron chi connectivity index (χ3n) is 5.52. The molecular weight excluding hydrogens is 506 g/mol. The average Bonchev–Trinajstić information content (AvgIpc) is 3.13. The van der Waals surface area contributed by atoms with Gasteiger partial charge in [-0.25, -0.2) is 5.43 Å². The van der Waals surface area contributed by atoms with Crippen molar-refractivity contribution in [3.8, 4) is 5.69 Å². The van der Waals surface area contributed by atoms with E-state index in [-0.39, 0.29) is 5.91 Å². The van der Waals surface area contributed by atoms with Crippen molar-refractivity contribution in [2.45, 2.75) is 25.4 Å². The number of aryl methyl sites for hydroxylation is 1. The van der Waals surface area contributed by atoms with Crippen LogP contribution in [0.4, 0.5) is 0 Å². The third-order valence-corrected chi connectivity index (χ3v) is 7.12. The summed E-state index contributed by atoms with van der Waals surface area (Å²) < 4.78 is 3.21. The van der Waals surface area contributed by atoms with Crippen molar-refractivity contribution < 1.29 is 4.79 Å². The predicted molar refractivity (Wildman–Crippen MR) is 146 cm³/mol. The van der Waals surface area contributed by atoms with E-state index in [1.54, 1.807) is 6.21 Å². The van der Waals surface area contributed by atoms with E-state index in [9.17, 15) is 4.79 Å². The van der Waals surface area contributed by atoms with Crippen LogP contribution in [0.2, 0.25) is 0 Å². The number of halogens is 1. The molecule has 0 bridgehead atoms. The molecule has 0 fully saturated rings. The average molecular weight is 533 g/mol. The van der Waals surface area contributed by atoms with Crippen molar-refractivity contribution in [3.05, 3.63) is 123 Å². The summed E-state index contributed by atoms with van der Waals surface area (Å²) in [4.78, 5) is 12.5. The summed E-state index contributed by atoms with van der Waals surface area (Å²) in [6.07, 6.45) is 1.70. The number of amides is 1. The van der Waals surface area contributed by atoms with Gasteiger partial charge < -0.3 is 4.57 Å². The lowest BCUT2D eigenvalue weighted by molar-refractivity contribution is 0.0955. The van der Waals surface area contributed by atoms with Crippen molar-refractivity contribution >= 4 is 39.8 Å². The standard InChI is InChI=1S/C28H26BrN3OS/c1-20-16-25(21(2)32(20)27-14-12-26(29)13-15-27)17-30-31-28(33)24-10-8-23(9-11-24)19-34-18-22-6-4-3-5-7-22/h3-17H,18-19H2,1-2H3,(H,31,33)/b30-17-. The van der Waals surface area contributed by atoms with Crippen LogP contribution in [0.25, 0.3) is 5.69 Å². The molecular formula is C28H26BrN3OS. The Balaban J connectivity index is 1.33. The van der Waals surface area contributed by atoms with Crippen LogP contribution in [0, 0.1) is 13.8 Å². The lowest BCUT2D eigenvalue weighted by Crippen LogP contribution is -2.17. The number of rotatable bonds is 8. The van der Waals surface area contributed by atoms with Crippen molar-refractivity contribution in [2.75, 3.05) is 0 Å². The van der Waals surface area contributed by atoms with Crippen LogP contribution in [-0.4, -0.2) is 16.7 Å². The van der Waals surface area contributed by atoms with Gasteiger partial charge in [-0.05, 0) is 67.4 Å². The molecule has 34 heavy (non-hydrogen) atoms. The van der Waals surface area contributed by atoms with Crippen molar-refractivity contribution in [2.24, 2.45) is 5.10 Å². The second-order valence-electron chi connectivity index (χ2n) is 8.01. The van der Waals surface area contributed by atoms with Gasteiger partial charge in [-0.3, -0.25) is 4.79 Å². The molecule has 1 N–H and O–H groups in total. The molecule has 0 atom stereocenters. The molecule has 3 aromatic carbocycles. The van der Waals surface area contributed by atoms with E-state index in [0.717, 1.165) is 38.6 Å². The second-order valence-corrected chi connectivity index (χ2v) is 9.91. The zero-order valence-corrected chi connectivity index (χ0v) is 21.6. The summed E-state index contributed by atoms with van der Waals surface area (Å²) in [5.41, 5.74) is 9.97. The first-order valence-electron chi connectivity index (χ1n) is 11.0. The van der Waals surface area contributed by atoms with Crippen LogP contribution in [0.5, 0.6) is 0 Å². The summed E-state index contributed by atoms with van der Waals surface area (Å²) in [7, 11) is 0. The first-order valence-corrected chi connectivity index (χ1v) is 12.9. The molecule has 1 aromatic heterocycles. The fourth-order valence-corrected chi connectivity index (χ4v) is 4.97. The molecule has 1 amide bonds. The Hall–Kier alpha value is -3.09. The maximum atomic E-state index is 12.5. The number of nitrogens with zero attached hydrogens (tertiary/aromatic N) is 2. The summed E-state index contributed by atoms with van der Waals surface area (Å²) in [5, 5.41) is 4.20. The Bertz CT molecular complexity index is 1280. The number of aromatic nitrogens is 1. The number of hydrogen-bond acceptors (Lipinski definition) is 3. The van der Waals surface area contributed by atoms with Crippen LogP contribution in [0.1, 0.15) is 38.4 Å². The van der Waals surface area contributed by atoms with E-state index >= 15 is 0 Å². The molecule has 0 radical (unpaired) electrons. The number of hydrogen-bond donors (Lipinski definition) is 1. The van der Waals surface area contributed by atoms with Gasteiger partial charge in [0.2, 0.25) is 0 Å². The van der Waals surface area contributed by atoms with Gasteiger partial charge in [-0.15, -0.1) is 0 Å². The van der Waals surface area contributed by atoms with Gasteiger partial charge in [0.1, 0.15) is 0 Å². The van der Waals surface area contributed by atoms with E-state index in [4.69, 9.17) is 0 Å². The van der Waals surface area contributed by atoms with E-state index in [1.807, 2.05) is 61.2 Å². The second kappa shape index (κ2) is 11.4. The molecule has 0 unspecified atom stereocenters. The zero-order chi connectivity index (χ0) is 23.9. The predicted octanol–water partition coefficient (Wildman–Crippen LogP) is 7.05. The summed E-state index contributed by atoms with van der Waals surface area (Å²) >= 11 is 5.34. The number of thioether (sulfide) groups is 1. The Kier molecular flexibility index (Phi) is 8.03. The highest BCUT2D eigenvalue weighted by molar-refractivity contribution is 9.10. The molecule has 4 nitrogen and oxygen atoms in total. The maximum absolute atomic E-state index is 12.5. The fraction of sp³-hybridized carbons (Fsp3) is 0.143. The first-order chi connectivity index (χ1) is 16.5. The number of benzene rings is 3. The highest BCUT2D eigenvalue weighted by Gasteiger charge is 2.10. The summed E-state index contributed by atoms with van der Waals surface area (Å²) in [6, 6.07) is 28.4. The number of carbonyl (C=O) groups excluding carboxylic acids is 1. The fourth-order valence-electron chi connectivity index (χ4n) is 3.74. The molecule has 172 valence electrons. The Morgan fingerprint density at radius 3 is 2.26 bits per heavy atom. The zero-order valence-electron chi connectivity index (χ0n) is 19.2. The highest BCUT2D eigenvalue weighted by Crippen LogP contribution is 2.22. The molecule has 6 heteroatoms. The van der Waals surface area contributed by atoms with E-state index < -0.39 is 0 Å². The van der Waals surface area contributed by atoms with E-state index in [2.05, 4.69) is 80.4 Å². The molecule has 0 spiro atoms. The van der Waals surface area contributed by atoms with Gasteiger partial charge in [0.05, 0.1) is 6.21 Å². The molecule has 4 rings (SSSR count). The lowest BCUT2D eigenvalue weighted by Gasteiger charge is -2.09. The SMILES string of the molecule is Cc1cc(/C=N\NC(=O)c2ccc(CSCc3ccccc3)cc2)c(C)n1-c1ccc(Br)cc1. The Labute approximate surface area is 213 Å². The van der Waals surface area contributed by atoms with Crippen LogP contribution in [0.15, 0.2) is 94.5 Å². The van der Waals surface area contributed by atoms with Gasteiger partial charge in [0.15, 0.2) is 0 Å². The molecule has 0 saturated carbocycles. The molecule has 0 aliphatic carbocycles. The van der Waals surface area contributed by atoms with Crippen molar-refractivity contribution in [1.29, 1.82) is 0 Å². The normalized spacial score (nSPS) is 11.1. The third kappa shape index (κ3) is 6.07. The molecule has 4 aromatic rings. The maximum Gasteiger partial charge on any atom is 0.271 e. The van der Waals surface area contributed by atoms with Gasteiger partial charge in [-0.2, -0.15) is 16.9 Å². The number of carbonyl (C=O) groups is 1. The Morgan fingerprint density at radius 1 is 0.941 bits per heavy atom. The van der Waals surface area contributed by atoms with E-state index in [1.165, 1.54) is 11.1 Å². The summed E-state index contributed by atoms with van der Waals surface area (Å²) in [6.45, 7) is 4.11. The minimum atomic E-state index is -0.221. The quantitative estimate of drug-likeness (QED) is 0.195. The minimum Gasteiger partial charge on any atom is -0.318 e. The number of nitrogens with one attached hydrogen (secondary N) is 1. The Morgan fingerprint density at radius 2 is 1.59 bits per heavy atom. The van der Waals surface area contributed by atoms with Crippen molar-refractivity contribution in [3.63, 3.8) is 0 Å². The highest BCUT2D eigenvalue weighted by atomic mass is 79.9. The van der Waals surface area contributed by atoms with Crippen LogP contribution < -0.4 is 5.43 Å². The van der Waals surface area contributed by atoms with E-state index in [0.29, 0.717) is 5.56 Å². The molecule has 0 aliphatic rings. The largest absolute Gasteiger partial charge is 0.318 e. The van der Waals surface area contributed by atoms with Crippen LogP contribution in [0.3, 0.4) is 0 Å². The first kappa shape index (κ1) is 24.0. The topological polar surface area (TPSA) is 46.4 Å². The van der Waals surface area contributed by atoms with Gasteiger partial charge in [0.25, 0.3) is 5.91 Å². The molecule has 0 saturated heterocycles. The van der Waals surface area contributed by atoms with Gasteiger partial charge >= 0.3 is 0 Å². The van der Waals surface area contributed by atoms with Gasteiger partial charge in [0, 0.05) is 44.2 Å². The number of hydrazone groups is 1. The monoisotopic (exact) mass is 531 g/mol. The molecule has 1 heterocycles. The summed E-state index contributed by atoms with van der Waals surface area (Å²) in [5.74, 6) is 1.66. The van der Waals surface area contributed by atoms with Crippen LogP contribution in [-0.2, 0) is 11.5 Å². The molecule has 0 aliphatic heterocycles. The lowest BCUT2D eigenvalue weighted by atomic mass is 10.1. The van der Waals surface area contributed by atoms with Crippen LogP contribution >= 0.6 is 27.7 Å². The van der Waals surface area contributed by atoms with Gasteiger partial charge in [-0.1, -0.05) is 58.4 Å².